The molecule has 3 rings (SSSR count). The number of hydrogen-bond donors (Lipinski definition) is 1. The maximum Gasteiger partial charge on any atom is 0.417 e. The van der Waals surface area contributed by atoms with Crippen molar-refractivity contribution in [3.8, 4) is 11.8 Å². The Hall–Kier alpha value is -3.53. The summed E-state index contributed by atoms with van der Waals surface area (Å²) in [6.45, 7) is 0. The van der Waals surface area contributed by atoms with E-state index in [1.165, 1.54) is 6.07 Å². The van der Waals surface area contributed by atoms with Gasteiger partial charge in [-0.15, -0.1) is 5.10 Å². The van der Waals surface area contributed by atoms with Crippen LogP contribution >= 0.6 is 0 Å². The van der Waals surface area contributed by atoms with Gasteiger partial charge in [0.15, 0.2) is 23.3 Å². The van der Waals surface area contributed by atoms with Crippen molar-refractivity contribution < 1.29 is 40.2 Å². The molecule has 1 atom stereocenters. The molecule has 0 fully saturated rings. The van der Waals surface area contributed by atoms with Gasteiger partial charge in [-0.25, -0.2) is 26.6 Å². The van der Waals surface area contributed by atoms with Gasteiger partial charge in [-0.3, -0.25) is 0 Å². The monoisotopic (exact) mass is 434 g/mol. The van der Waals surface area contributed by atoms with Crippen LogP contribution < -0.4 is 0 Å². The van der Waals surface area contributed by atoms with Crippen molar-refractivity contribution in [2.24, 2.45) is 0 Å². The second-order valence-electron chi connectivity index (χ2n) is 5.81. The molecule has 0 bridgehead atoms. The molecule has 156 valence electrons. The van der Waals surface area contributed by atoms with Crippen molar-refractivity contribution in [1.82, 2.24) is 15.0 Å². The normalized spacial score (nSPS) is 12.7. The minimum Gasteiger partial charge on any atom is -0.382 e. The van der Waals surface area contributed by atoms with Gasteiger partial charge in [-0.1, -0.05) is 5.21 Å². The van der Waals surface area contributed by atoms with Gasteiger partial charge in [0.25, 0.3) is 0 Å². The van der Waals surface area contributed by atoms with Crippen LogP contribution in [0.4, 0.5) is 35.1 Å². The Bertz CT molecular complexity index is 1150. The maximum atomic E-state index is 13.8. The lowest BCUT2D eigenvalue weighted by atomic mass is 10.0. The van der Waals surface area contributed by atoms with Crippen LogP contribution in [0.2, 0.25) is 0 Å². The highest BCUT2D eigenvalue weighted by Gasteiger charge is 2.34. The van der Waals surface area contributed by atoms with Crippen LogP contribution in [0.25, 0.3) is 5.69 Å². The molecule has 0 aliphatic heterocycles. The summed E-state index contributed by atoms with van der Waals surface area (Å²) >= 11 is 0. The molecule has 0 saturated heterocycles. The van der Waals surface area contributed by atoms with Crippen molar-refractivity contribution >= 4 is 0 Å². The van der Waals surface area contributed by atoms with Gasteiger partial charge < -0.3 is 5.11 Å². The minimum atomic E-state index is -4.89. The highest BCUT2D eigenvalue weighted by atomic mass is 19.4. The molecule has 0 saturated carbocycles. The van der Waals surface area contributed by atoms with E-state index < -0.39 is 63.8 Å². The summed E-state index contributed by atoms with van der Waals surface area (Å²) in [6, 6.07) is 3.76. The Morgan fingerprint density at radius 3 is 2.07 bits per heavy atom. The lowest BCUT2D eigenvalue weighted by molar-refractivity contribution is -0.137. The molecule has 1 heterocycles. The number of rotatable bonds is 3. The highest BCUT2D eigenvalue weighted by Crippen LogP contribution is 2.34. The summed E-state index contributed by atoms with van der Waals surface area (Å²) in [5.41, 5.74) is -4.61. The van der Waals surface area contributed by atoms with E-state index in [1.807, 2.05) is 0 Å². The Labute approximate surface area is 161 Å². The summed E-state index contributed by atoms with van der Waals surface area (Å²) < 4.78 is 107. The summed E-state index contributed by atoms with van der Waals surface area (Å²) in [5, 5.41) is 25.5. The van der Waals surface area contributed by atoms with E-state index in [2.05, 4.69) is 10.3 Å². The van der Waals surface area contributed by atoms with E-state index in [0.29, 0.717) is 10.7 Å². The van der Waals surface area contributed by atoms with Gasteiger partial charge in [0.2, 0.25) is 5.82 Å². The molecule has 0 amide bonds. The minimum absolute atomic E-state index is 0.301. The summed E-state index contributed by atoms with van der Waals surface area (Å²) in [5.74, 6) is -11.6. The van der Waals surface area contributed by atoms with E-state index in [4.69, 9.17) is 5.26 Å². The molecule has 13 heteroatoms. The third kappa shape index (κ3) is 3.45. The number of aliphatic hydroxyl groups excluding tert-OH is 1. The molecule has 0 spiro atoms. The Kier molecular flexibility index (Phi) is 5.21. The average Bonchev–Trinajstić information content (AvgIpc) is 3.20. The van der Waals surface area contributed by atoms with Crippen molar-refractivity contribution in [3.05, 3.63) is 75.9 Å². The van der Waals surface area contributed by atoms with Crippen molar-refractivity contribution in [3.63, 3.8) is 0 Å². The predicted octanol–water partition coefficient (Wildman–Crippen LogP) is 3.93. The highest BCUT2D eigenvalue weighted by molar-refractivity contribution is 5.47. The fourth-order valence-electron chi connectivity index (χ4n) is 2.54. The number of aromatic nitrogens is 3. The topological polar surface area (TPSA) is 74.7 Å². The van der Waals surface area contributed by atoms with Crippen LogP contribution in [0.5, 0.6) is 0 Å². The van der Waals surface area contributed by atoms with Gasteiger partial charge in [0.1, 0.15) is 11.8 Å². The Morgan fingerprint density at radius 1 is 0.967 bits per heavy atom. The van der Waals surface area contributed by atoms with Crippen LogP contribution in [0.15, 0.2) is 24.4 Å². The zero-order valence-corrected chi connectivity index (χ0v) is 14.1. The van der Waals surface area contributed by atoms with E-state index in [9.17, 15) is 40.2 Å². The van der Waals surface area contributed by atoms with Gasteiger partial charge in [-0.2, -0.15) is 18.4 Å². The van der Waals surface area contributed by atoms with Crippen LogP contribution in [0, 0.1) is 40.4 Å². The number of benzene rings is 2. The maximum absolute atomic E-state index is 13.8. The third-order valence-corrected chi connectivity index (χ3v) is 4.00. The first-order valence-electron chi connectivity index (χ1n) is 7.70. The molecule has 0 aliphatic carbocycles. The first-order valence-corrected chi connectivity index (χ1v) is 7.70. The number of hydrogen-bond acceptors (Lipinski definition) is 4. The molecule has 1 N–H and O–H groups in total. The molecular weight excluding hydrogens is 428 g/mol. The number of halogens is 8. The smallest absolute Gasteiger partial charge is 0.382 e. The molecule has 0 radical (unpaired) electrons. The lowest BCUT2D eigenvalue weighted by Crippen LogP contribution is -2.12. The summed E-state index contributed by atoms with van der Waals surface area (Å²) in [6.07, 6.45) is -6.63. The predicted molar refractivity (Wildman–Crippen MR) is 81.4 cm³/mol. The molecule has 1 aromatic heterocycles. The zero-order valence-electron chi connectivity index (χ0n) is 14.1. The van der Waals surface area contributed by atoms with Gasteiger partial charge >= 0.3 is 6.18 Å². The van der Waals surface area contributed by atoms with Crippen LogP contribution in [-0.4, -0.2) is 20.1 Å². The molecule has 3 aromatic rings. The van der Waals surface area contributed by atoms with E-state index in [1.54, 1.807) is 0 Å². The second-order valence-corrected chi connectivity index (χ2v) is 5.81. The molecule has 2 aromatic carbocycles. The number of nitrogens with zero attached hydrogens (tertiary/aromatic N) is 4. The van der Waals surface area contributed by atoms with Gasteiger partial charge in [-0.05, 0) is 18.2 Å². The van der Waals surface area contributed by atoms with Crippen molar-refractivity contribution in [1.29, 1.82) is 5.26 Å². The van der Waals surface area contributed by atoms with E-state index in [-0.39, 0.29) is 5.69 Å². The first-order chi connectivity index (χ1) is 14.0. The van der Waals surface area contributed by atoms with E-state index >= 15 is 0 Å². The molecule has 1 unspecified atom stereocenters. The second kappa shape index (κ2) is 7.38. The molecule has 30 heavy (non-hydrogen) atoms. The third-order valence-electron chi connectivity index (χ3n) is 4.00. The number of nitriles is 1. The summed E-state index contributed by atoms with van der Waals surface area (Å²) in [7, 11) is 0. The molecular formula is C17H6F8N4O. The lowest BCUT2D eigenvalue weighted by Gasteiger charge is -2.12. The first kappa shape index (κ1) is 21.2. The van der Waals surface area contributed by atoms with Crippen LogP contribution in [0.3, 0.4) is 0 Å². The fraction of sp³-hybridized carbons (Fsp3) is 0.118. The quantitative estimate of drug-likeness (QED) is 0.385. The van der Waals surface area contributed by atoms with Crippen molar-refractivity contribution in [2.75, 3.05) is 0 Å². The Balaban J connectivity index is 2.06. The average molecular weight is 434 g/mol. The fourth-order valence-corrected chi connectivity index (χ4v) is 2.54. The SMILES string of the molecule is N#Cc1ccc(-n2cc(C(O)c3c(F)c(F)c(F)c(F)c3F)nn2)cc1C(F)(F)F. The number of alkyl halides is 3. The Morgan fingerprint density at radius 2 is 1.53 bits per heavy atom. The van der Waals surface area contributed by atoms with Crippen LogP contribution in [-0.2, 0) is 6.18 Å². The van der Waals surface area contributed by atoms with Crippen LogP contribution in [0.1, 0.15) is 28.5 Å². The molecule has 5 nitrogen and oxygen atoms in total. The number of aliphatic hydroxyl groups is 1. The van der Waals surface area contributed by atoms with E-state index in [0.717, 1.165) is 18.3 Å². The van der Waals surface area contributed by atoms with Gasteiger partial charge in [0.05, 0.1) is 34.6 Å². The largest absolute Gasteiger partial charge is 0.417 e. The molecule has 0 aliphatic rings. The standard InChI is InChI=1S/C17H6F8N4O/c18-11-10(12(19)14(21)15(22)13(11)20)16(30)9-5-29(28-27-9)7-2-1-6(4-26)8(3-7)17(23,24)25/h1-3,5,16,30H. The zero-order chi connectivity index (χ0) is 22.4. The van der Waals surface area contributed by atoms with Gasteiger partial charge in [0, 0.05) is 0 Å². The summed E-state index contributed by atoms with van der Waals surface area (Å²) in [4.78, 5) is 0. The van der Waals surface area contributed by atoms with Crippen molar-refractivity contribution in [2.45, 2.75) is 12.3 Å².